The van der Waals surface area contributed by atoms with Crippen LogP contribution >= 0.6 is 0 Å². The summed E-state index contributed by atoms with van der Waals surface area (Å²) in [5, 5.41) is 3.26. The summed E-state index contributed by atoms with van der Waals surface area (Å²) in [7, 11) is 1.67. The van der Waals surface area contributed by atoms with Gasteiger partial charge < -0.3 is 10.1 Å². The van der Waals surface area contributed by atoms with E-state index >= 15 is 0 Å². The minimum Gasteiger partial charge on any atom is -0.497 e. The van der Waals surface area contributed by atoms with E-state index in [0.29, 0.717) is 0 Å². The minimum atomic E-state index is -0.423. The molecule has 1 saturated carbocycles. The normalized spacial score (nSPS) is 17.5. The van der Waals surface area contributed by atoms with Crippen molar-refractivity contribution in [1.29, 1.82) is 0 Å². The molecule has 1 aliphatic carbocycles. The van der Waals surface area contributed by atoms with Crippen LogP contribution in [0.15, 0.2) is 54.6 Å². The molecule has 1 aliphatic rings. The predicted octanol–water partition coefficient (Wildman–Crippen LogP) is 4.77. The van der Waals surface area contributed by atoms with Crippen LogP contribution in [0.5, 0.6) is 5.75 Å². The Morgan fingerprint density at radius 3 is 2.24 bits per heavy atom. The lowest BCUT2D eigenvalue weighted by atomic mass is 9.68. The maximum absolute atomic E-state index is 13.3. The van der Waals surface area contributed by atoms with E-state index in [0.717, 1.165) is 42.6 Å². The van der Waals surface area contributed by atoms with Crippen molar-refractivity contribution in [3.05, 3.63) is 65.7 Å². The van der Waals surface area contributed by atoms with Gasteiger partial charge in [0.1, 0.15) is 5.75 Å². The Kier molecular flexibility index (Phi) is 5.42. The lowest BCUT2D eigenvalue weighted by molar-refractivity contribution is -0.128. The second-order valence-electron chi connectivity index (χ2n) is 6.98. The highest BCUT2D eigenvalue weighted by atomic mass is 16.5. The van der Waals surface area contributed by atoms with Crippen LogP contribution in [0.1, 0.15) is 56.2 Å². The SMILES string of the molecule is COc1ccc(C2(C(=O)N[C@H](C)c3ccccc3)CCCCC2)cc1. The number of hydrogen-bond acceptors (Lipinski definition) is 2. The van der Waals surface area contributed by atoms with Gasteiger partial charge in [0, 0.05) is 0 Å². The van der Waals surface area contributed by atoms with Crippen molar-refractivity contribution in [2.45, 2.75) is 50.5 Å². The Balaban J connectivity index is 1.85. The highest BCUT2D eigenvalue weighted by molar-refractivity contribution is 5.88. The van der Waals surface area contributed by atoms with Gasteiger partial charge in [0.2, 0.25) is 5.91 Å². The zero-order valence-corrected chi connectivity index (χ0v) is 15.1. The lowest BCUT2D eigenvalue weighted by Crippen LogP contribution is -2.46. The summed E-state index contributed by atoms with van der Waals surface area (Å²) in [6.45, 7) is 2.05. The molecule has 132 valence electrons. The summed E-state index contributed by atoms with van der Waals surface area (Å²) in [5.74, 6) is 0.974. The van der Waals surface area contributed by atoms with Gasteiger partial charge in [-0.3, -0.25) is 4.79 Å². The third-order valence-corrected chi connectivity index (χ3v) is 5.43. The first-order valence-electron chi connectivity index (χ1n) is 9.16. The largest absolute Gasteiger partial charge is 0.497 e. The number of carbonyl (C=O) groups is 1. The van der Waals surface area contributed by atoms with E-state index < -0.39 is 5.41 Å². The Hall–Kier alpha value is -2.29. The third-order valence-electron chi connectivity index (χ3n) is 5.43. The molecule has 2 aromatic carbocycles. The molecule has 0 aliphatic heterocycles. The van der Waals surface area contributed by atoms with E-state index in [1.165, 1.54) is 6.42 Å². The average Bonchev–Trinajstić information content (AvgIpc) is 2.69. The van der Waals surface area contributed by atoms with Crippen LogP contribution in [-0.4, -0.2) is 13.0 Å². The van der Waals surface area contributed by atoms with Crippen molar-refractivity contribution in [1.82, 2.24) is 5.32 Å². The maximum Gasteiger partial charge on any atom is 0.231 e. The molecule has 1 atom stereocenters. The zero-order chi connectivity index (χ0) is 17.7. The van der Waals surface area contributed by atoms with Crippen LogP contribution in [-0.2, 0) is 10.2 Å². The molecule has 3 nitrogen and oxygen atoms in total. The Labute approximate surface area is 150 Å². The Morgan fingerprint density at radius 2 is 1.64 bits per heavy atom. The molecule has 0 heterocycles. The van der Waals surface area contributed by atoms with Crippen molar-refractivity contribution in [2.75, 3.05) is 7.11 Å². The van der Waals surface area contributed by atoms with Crippen molar-refractivity contribution in [3.8, 4) is 5.75 Å². The second-order valence-corrected chi connectivity index (χ2v) is 6.98. The summed E-state index contributed by atoms with van der Waals surface area (Å²) in [6.07, 6.45) is 5.22. The van der Waals surface area contributed by atoms with Crippen LogP contribution in [0.25, 0.3) is 0 Å². The summed E-state index contributed by atoms with van der Waals surface area (Å²) < 4.78 is 5.27. The smallest absolute Gasteiger partial charge is 0.231 e. The van der Waals surface area contributed by atoms with E-state index in [4.69, 9.17) is 4.74 Å². The fourth-order valence-electron chi connectivity index (χ4n) is 3.87. The molecular weight excluding hydrogens is 310 g/mol. The third kappa shape index (κ3) is 3.71. The van der Waals surface area contributed by atoms with Crippen LogP contribution < -0.4 is 10.1 Å². The highest BCUT2D eigenvalue weighted by Gasteiger charge is 2.41. The van der Waals surface area contributed by atoms with Gasteiger partial charge in [0.15, 0.2) is 0 Å². The number of ether oxygens (including phenoxy) is 1. The van der Waals surface area contributed by atoms with Crippen LogP contribution in [0.4, 0.5) is 0 Å². The Bertz CT molecular complexity index is 688. The first-order valence-corrected chi connectivity index (χ1v) is 9.16. The zero-order valence-electron chi connectivity index (χ0n) is 15.1. The molecule has 0 bridgehead atoms. The van der Waals surface area contributed by atoms with Gasteiger partial charge >= 0.3 is 0 Å². The molecule has 1 N–H and O–H groups in total. The number of nitrogens with one attached hydrogen (secondary N) is 1. The monoisotopic (exact) mass is 337 g/mol. The number of hydrogen-bond donors (Lipinski definition) is 1. The molecule has 25 heavy (non-hydrogen) atoms. The van der Waals surface area contributed by atoms with Crippen molar-refractivity contribution in [3.63, 3.8) is 0 Å². The second kappa shape index (κ2) is 7.73. The molecule has 0 radical (unpaired) electrons. The van der Waals surface area contributed by atoms with E-state index in [1.807, 2.05) is 30.3 Å². The topological polar surface area (TPSA) is 38.3 Å². The number of methoxy groups -OCH3 is 1. The fraction of sp³-hybridized carbons (Fsp3) is 0.409. The van der Waals surface area contributed by atoms with E-state index in [9.17, 15) is 4.79 Å². The summed E-state index contributed by atoms with van der Waals surface area (Å²) in [4.78, 5) is 13.3. The van der Waals surface area contributed by atoms with Crippen LogP contribution in [0.2, 0.25) is 0 Å². The van der Waals surface area contributed by atoms with Gasteiger partial charge in [0.25, 0.3) is 0 Å². The van der Waals surface area contributed by atoms with E-state index in [1.54, 1.807) is 7.11 Å². The number of amides is 1. The molecule has 0 unspecified atom stereocenters. The number of benzene rings is 2. The minimum absolute atomic E-state index is 0.00532. The average molecular weight is 337 g/mol. The quantitative estimate of drug-likeness (QED) is 0.853. The molecule has 2 aromatic rings. The lowest BCUT2D eigenvalue weighted by Gasteiger charge is -2.37. The Morgan fingerprint density at radius 1 is 1.00 bits per heavy atom. The number of rotatable bonds is 5. The first kappa shape index (κ1) is 17.5. The number of carbonyl (C=O) groups excluding carboxylic acids is 1. The van der Waals surface area contributed by atoms with Gasteiger partial charge in [-0.1, -0.05) is 61.7 Å². The molecule has 1 fully saturated rings. The van der Waals surface area contributed by atoms with Crippen molar-refractivity contribution < 1.29 is 9.53 Å². The molecule has 0 saturated heterocycles. The van der Waals surface area contributed by atoms with E-state index in [2.05, 4.69) is 36.5 Å². The summed E-state index contributed by atoms with van der Waals surface area (Å²) in [5.41, 5.74) is 1.82. The highest BCUT2D eigenvalue weighted by Crippen LogP contribution is 2.40. The maximum atomic E-state index is 13.3. The standard InChI is InChI=1S/C22H27NO2/c1-17(18-9-5-3-6-10-18)23-21(24)22(15-7-4-8-16-22)19-11-13-20(25-2)14-12-19/h3,5-6,9-14,17H,4,7-8,15-16H2,1-2H3,(H,23,24)/t17-/m1/s1. The molecule has 3 rings (SSSR count). The first-order chi connectivity index (χ1) is 12.2. The molecule has 0 aromatic heterocycles. The molecule has 3 heteroatoms. The van der Waals surface area contributed by atoms with Gasteiger partial charge in [-0.05, 0) is 43.0 Å². The molecule has 1 amide bonds. The summed E-state index contributed by atoms with van der Waals surface area (Å²) in [6, 6.07) is 18.2. The predicted molar refractivity (Wildman–Crippen MR) is 101 cm³/mol. The van der Waals surface area contributed by atoms with Gasteiger partial charge in [0.05, 0.1) is 18.6 Å². The van der Waals surface area contributed by atoms with Crippen LogP contribution in [0, 0.1) is 0 Å². The van der Waals surface area contributed by atoms with Crippen molar-refractivity contribution in [2.24, 2.45) is 0 Å². The summed E-state index contributed by atoms with van der Waals surface area (Å²) >= 11 is 0. The van der Waals surface area contributed by atoms with E-state index in [-0.39, 0.29) is 11.9 Å². The van der Waals surface area contributed by atoms with Crippen LogP contribution in [0.3, 0.4) is 0 Å². The fourth-order valence-corrected chi connectivity index (χ4v) is 3.87. The molecular formula is C22H27NO2. The van der Waals surface area contributed by atoms with Crippen molar-refractivity contribution >= 4 is 5.91 Å². The molecule has 0 spiro atoms. The van der Waals surface area contributed by atoms with Gasteiger partial charge in [-0.15, -0.1) is 0 Å². The van der Waals surface area contributed by atoms with Gasteiger partial charge in [-0.2, -0.15) is 0 Å². The van der Waals surface area contributed by atoms with Gasteiger partial charge in [-0.25, -0.2) is 0 Å².